The maximum Gasteiger partial charge on any atom is 0.410 e. The molecule has 1 aliphatic heterocycles. The number of amides is 2. The van der Waals surface area contributed by atoms with Crippen LogP contribution in [-0.4, -0.2) is 74.5 Å². The van der Waals surface area contributed by atoms with Crippen LogP contribution < -0.4 is 14.5 Å². The third-order valence-electron chi connectivity index (χ3n) is 7.35. The molecule has 12 nitrogen and oxygen atoms in total. The van der Waals surface area contributed by atoms with Crippen LogP contribution in [0.25, 0.3) is 17.2 Å². The molecule has 0 saturated heterocycles. The quantitative estimate of drug-likeness (QED) is 0.273. The van der Waals surface area contributed by atoms with Crippen molar-refractivity contribution in [2.45, 2.75) is 59.4 Å². The Morgan fingerprint density at radius 2 is 1.80 bits per heavy atom. The molecular formula is C32H38N8O4. The minimum atomic E-state index is -0.637. The third kappa shape index (κ3) is 6.19. The molecule has 12 heteroatoms. The average molecular weight is 599 g/mol. The number of aromatic nitrogens is 5. The van der Waals surface area contributed by atoms with Crippen molar-refractivity contribution in [1.82, 2.24) is 29.6 Å². The van der Waals surface area contributed by atoms with E-state index in [4.69, 9.17) is 19.4 Å². The first kappa shape index (κ1) is 30.5. The minimum Gasteiger partial charge on any atom is -0.497 e. The summed E-state index contributed by atoms with van der Waals surface area (Å²) < 4.78 is 12.7. The van der Waals surface area contributed by atoms with Gasteiger partial charge in [0.25, 0.3) is 5.91 Å². The molecule has 230 valence electrons. The van der Waals surface area contributed by atoms with Crippen molar-refractivity contribution in [2.24, 2.45) is 0 Å². The summed E-state index contributed by atoms with van der Waals surface area (Å²) in [6, 6.07) is 15.0. The molecule has 3 aromatic heterocycles. The molecule has 0 spiro atoms. The predicted molar refractivity (Wildman–Crippen MR) is 167 cm³/mol. The molecule has 0 atom stereocenters. The van der Waals surface area contributed by atoms with Crippen LogP contribution in [0.1, 0.15) is 56.2 Å². The van der Waals surface area contributed by atoms with Gasteiger partial charge in [-0.2, -0.15) is 0 Å². The lowest BCUT2D eigenvalue weighted by atomic mass is 10.1. The van der Waals surface area contributed by atoms with Crippen molar-refractivity contribution >= 4 is 23.6 Å². The fourth-order valence-corrected chi connectivity index (χ4v) is 4.78. The van der Waals surface area contributed by atoms with Crippen molar-refractivity contribution in [3.63, 3.8) is 0 Å². The van der Waals surface area contributed by atoms with E-state index >= 15 is 0 Å². The molecule has 1 aliphatic rings. The summed E-state index contributed by atoms with van der Waals surface area (Å²) in [6.45, 7) is 10.0. The fraction of sp³-hybridized carbons (Fsp3) is 0.375. The number of pyridine rings is 2. The zero-order chi connectivity index (χ0) is 31.8. The number of fused-ring (bicyclic) bond motifs is 1. The third-order valence-corrected chi connectivity index (χ3v) is 7.35. The Bertz CT molecular complexity index is 1680. The Hall–Kier alpha value is -5.00. The van der Waals surface area contributed by atoms with Crippen LogP contribution in [0.3, 0.4) is 0 Å². The Morgan fingerprint density at radius 3 is 2.45 bits per heavy atom. The van der Waals surface area contributed by atoms with Gasteiger partial charge in [0, 0.05) is 31.4 Å². The first-order valence-corrected chi connectivity index (χ1v) is 14.4. The Kier molecular flexibility index (Phi) is 8.27. The molecular weight excluding hydrogens is 560 g/mol. The van der Waals surface area contributed by atoms with Gasteiger partial charge < -0.3 is 19.3 Å². The van der Waals surface area contributed by atoms with E-state index in [0.29, 0.717) is 34.4 Å². The van der Waals surface area contributed by atoms with Gasteiger partial charge in [-0.15, -0.1) is 10.2 Å². The summed E-state index contributed by atoms with van der Waals surface area (Å²) in [7, 11) is 5.22. The van der Waals surface area contributed by atoms with Gasteiger partial charge >= 0.3 is 6.09 Å². The fourth-order valence-electron chi connectivity index (χ4n) is 4.78. The molecule has 0 aliphatic carbocycles. The van der Waals surface area contributed by atoms with Crippen LogP contribution in [0, 0.1) is 0 Å². The molecule has 0 saturated carbocycles. The first-order chi connectivity index (χ1) is 20.9. The second kappa shape index (κ2) is 11.9. The summed E-state index contributed by atoms with van der Waals surface area (Å²) in [4.78, 5) is 41.6. The van der Waals surface area contributed by atoms with Crippen LogP contribution in [0.15, 0.2) is 54.9 Å². The number of ether oxygens (including phenoxy) is 2. The van der Waals surface area contributed by atoms with Gasteiger partial charge in [-0.25, -0.2) is 14.8 Å². The van der Waals surface area contributed by atoms with Gasteiger partial charge in [0.15, 0.2) is 5.82 Å². The van der Waals surface area contributed by atoms with Crippen molar-refractivity contribution in [2.75, 3.05) is 31.0 Å². The summed E-state index contributed by atoms with van der Waals surface area (Å²) in [5.74, 6) is 2.20. The number of anilines is 2. The molecule has 5 rings (SSSR count). The summed E-state index contributed by atoms with van der Waals surface area (Å²) >= 11 is 0. The van der Waals surface area contributed by atoms with Crippen LogP contribution in [0.4, 0.5) is 16.4 Å². The van der Waals surface area contributed by atoms with Crippen LogP contribution in [0.2, 0.25) is 0 Å². The van der Waals surface area contributed by atoms with E-state index in [1.54, 1.807) is 31.5 Å². The highest BCUT2D eigenvalue weighted by atomic mass is 16.6. The smallest absolute Gasteiger partial charge is 0.410 e. The highest BCUT2D eigenvalue weighted by Gasteiger charge is 2.34. The molecule has 0 radical (unpaired) electrons. The lowest BCUT2D eigenvalue weighted by Crippen LogP contribution is -2.34. The Morgan fingerprint density at radius 1 is 1.07 bits per heavy atom. The highest BCUT2D eigenvalue weighted by molar-refractivity contribution is 6.10. The van der Waals surface area contributed by atoms with Crippen molar-refractivity contribution < 1.29 is 19.1 Å². The molecule has 44 heavy (non-hydrogen) atoms. The number of hydrogen-bond acceptors (Lipinski definition) is 9. The maximum absolute atomic E-state index is 13.9. The first-order valence-electron chi connectivity index (χ1n) is 14.4. The average Bonchev–Trinajstić information content (AvgIpc) is 3.61. The zero-order valence-electron chi connectivity index (χ0n) is 26.4. The summed E-state index contributed by atoms with van der Waals surface area (Å²) in [5, 5.41) is 8.43. The molecule has 1 aromatic carbocycles. The van der Waals surface area contributed by atoms with Crippen LogP contribution >= 0.6 is 0 Å². The monoisotopic (exact) mass is 598 g/mol. The summed E-state index contributed by atoms with van der Waals surface area (Å²) in [5.41, 5.74) is 2.67. The predicted octanol–water partition coefficient (Wildman–Crippen LogP) is 5.10. The summed E-state index contributed by atoms with van der Waals surface area (Å²) in [6.07, 6.45) is 1.15. The molecule has 4 heterocycles. The number of carbonyl (C=O) groups excluding carboxylic acids is 2. The van der Waals surface area contributed by atoms with E-state index < -0.39 is 11.7 Å². The van der Waals surface area contributed by atoms with Crippen molar-refractivity contribution in [3.8, 4) is 23.0 Å². The second-order valence-electron chi connectivity index (χ2n) is 12.0. The minimum absolute atomic E-state index is 0.144. The number of carbonyl (C=O) groups is 2. The Balaban J connectivity index is 1.48. The molecule has 0 unspecified atom stereocenters. The van der Waals surface area contributed by atoms with E-state index in [1.165, 1.54) is 4.90 Å². The number of hydrogen-bond donors (Lipinski definition) is 0. The standard InChI is InChI=1S/C32H38N8O4/c1-20(2)38(7)28-16-23-24(26(35-28)18-37(6)31(42)44-32(3,4)5)17-39(30(23)41)27-11-9-10-25(34-27)29-36-33-19-40(29)21-12-14-22(43-8)15-13-21/h9-16,19-20H,17-18H2,1-8H3. The van der Waals surface area contributed by atoms with Crippen molar-refractivity contribution in [1.29, 1.82) is 0 Å². The number of rotatable bonds is 8. The Labute approximate surface area is 257 Å². The van der Waals surface area contributed by atoms with Gasteiger partial charge in [-0.05, 0) is 77.1 Å². The van der Waals surface area contributed by atoms with Gasteiger partial charge in [-0.3, -0.25) is 14.3 Å². The lowest BCUT2D eigenvalue weighted by Gasteiger charge is -2.26. The van der Waals surface area contributed by atoms with Gasteiger partial charge in [0.05, 0.1) is 31.5 Å². The topological polar surface area (TPSA) is 119 Å². The highest BCUT2D eigenvalue weighted by Crippen LogP contribution is 2.33. The van der Waals surface area contributed by atoms with E-state index in [1.807, 2.05) is 79.8 Å². The van der Waals surface area contributed by atoms with E-state index in [0.717, 1.165) is 17.0 Å². The second-order valence-corrected chi connectivity index (χ2v) is 12.0. The molecule has 2 amide bonds. The van der Waals surface area contributed by atoms with Crippen LogP contribution in [-0.2, 0) is 17.8 Å². The van der Waals surface area contributed by atoms with Gasteiger partial charge in [-0.1, -0.05) is 6.07 Å². The number of methoxy groups -OCH3 is 1. The van der Waals surface area contributed by atoms with Crippen LogP contribution in [0.5, 0.6) is 5.75 Å². The molecule has 0 bridgehead atoms. The SMILES string of the molecule is COc1ccc(-n2cnnc2-c2cccc(N3Cc4c(cc(N(C)C(C)C)nc4CN(C)C(=O)OC(C)(C)C)C3=O)n2)cc1. The number of benzene rings is 1. The molecule has 0 fully saturated rings. The zero-order valence-corrected chi connectivity index (χ0v) is 26.4. The lowest BCUT2D eigenvalue weighted by molar-refractivity contribution is 0.0282. The van der Waals surface area contributed by atoms with Gasteiger partial charge in [0.2, 0.25) is 0 Å². The molecule has 4 aromatic rings. The van der Waals surface area contributed by atoms with Crippen molar-refractivity contribution in [3.05, 3.63) is 71.7 Å². The maximum atomic E-state index is 13.9. The van der Waals surface area contributed by atoms with E-state index in [-0.39, 0.29) is 25.0 Å². The number of nitrogens with zero attached hydrogens (tertiary/aromatic N) is 8. The van der Waals surface area contributed by atoms with E-state index in [9.17, 15) is 9.59 Å². The normalized spacial score (nSPS) is 12.8. The van der Waals surface area contributed by atoms with Gasteiger partial charge in [0.1, 0.15) is 35.0 Å². The largest absolute Gasteiger partial charge is 0.497 e. The molecule has 0 N–H and O–H groups in total. The van der Waals surface area contributed by atoms with E-state index in [2.05, 4.69) is 24.0 Å².